The number of amides is 1. The van der Waals surface area contributed by atoms with E-state index in [1.54, 1.807) is 0 Å². The fraction of sp³-hybridized carbons (Fsp3) is 0.632. The van der Waals surface area contributed by atoms with E-state index in [9.17, 15) is 9.90 Å². The lowest BCUT2D eigenvalue weighted by Crippen LogP contribution is -2.49. The zero-order chi connectivity index (χ0) is 16.5. The molecule has 4 rings (SSSR count). The maximum Gasteiger partial charge on any atom is 0.239 e. The Kier molecular flexibility index (Phi) is 4.57. The summed E-state index contributed by atoms with van der Waals surface area (Å²) in [5.41, 5.74) is 7.68. The second kappa shape index (κ2) is 6.82. The van der Waals surface area contributed by atoms with Gasteiger partial charge >= 0.3 is 0 Å². The van der Waals surface area contributed by atoms with Gasteiger partial charge in [-0.05, 0) is 37.2 Å². The van der Waals surface area contributed by atoms with Crippen LogP contribution in [0.15, 0.2) is 30.3 Å². The van der Waals surface area contributed by atoms with E-state index in [0.717, 1.165) is 31.2 Å². The first-order valence-corrected chi connectivity index (χ1v) is 9.27. The lowest BCUT2D eigenvalue weighted by molar-refractivity contribution is -0.126. The summed E-state index contributed by atoms with van der Waals surface area (Å²) in [6.45, 7) is 0. The van der Waals surface area contributed by atoms with Crippen molar-refractivity contribution in [2.75, 3.05) is 0 Å². The van der Waals surface area contributed by atoms with Crippen LogP contribution in [0.2, 0.25) is 0 Å². The highest BCUT2D eigenvalue weighted by atomic mass is 16.3. The van der Waals surface area contributed by atoms with E-state index in [0.29, 0.717) is 17.9 Å². The molecule has 0 radical (unpaired) electrons. The van der Waals surface area contributed by atoms with Crippen molar-refractivity contribution in [1.82, 2.24) is 16.2 Å². The molecule has 0 spiro atoms. The molecule has 1 aliphatic heterocycles. The second-order valence-corrected chi connectivity index (χ2v) is 7.60. The number of hydrogen-bond donors (Lipinski definition) is 4. The molecule has 1 aromatic carbocycles. The summed E-state index contributed by atoms with van der Waals surface area (Å²) < 4.78 is 0. The third-order valence-corrected chi connectivity index (χ3v) is 6.03. The highest BCUT2D eigenvalue weighted by Crippen LogP contribution is 2.38. The first-order chi connectivity index (χ1) is 11.7. The van der Waals surface area contributed by atoms with Gasteiger partial charge in [0.1, 0.15) is 6.04 Å². The Morgan fingerprint density at radius 1 is 1.12 bits per heavy atom. The van der Waals surface area contributed by atoms with E-state index in [1.165, 1.54) is 12.8 Å². The van der Waals surface area contributed by atoms with E-state index < -0.39 is 0 Å². The predicted molar refractivity (Wildman–Crippen MR) is 91.9 cm³/mol. The molecule has 4 atom stereocenters. The fourth-order valence-corrected chi connectivity index (χ4v) is 4.58. The molecule has 1 amide bonds. The molecule has 5 nitrogen and oxygen atoms in total. The summed E-state index contributed by atoms with van der Waals surface area (Å²) in [6, 6.07) is 10.4. The molecule has 5 heteroatoms. The molecule has 1 saturated heterocycles. The first-order valence-electron chi connectivity index (χ1n) is 9.27. The largest absolute Gasteiger partial charge is 0.393 e. The van der Waals surface area contributed by atoms with Crippen LogP contribution in [0.25, 0.3) is 0 Å². The molecule has 2 aliphatic carbocycles. The van der Waals surface area contributed by atoms with Gasteiger partial charge in [-0.3, -0.25) is 10.2 Å². The molecule has 24 heavy (non-hydrogen) atoms. The molecule has 3 fully saturated rings. The summed E-state index contributed by atoms with van der Waals surface area (Å²) in [5, 5.41) is 13.0. The zero-order valence-electron chi connectivity index (χ0n) is 13.9. The number of carbonyl (C=O) groups is 1. The lowest BCUT2D eigenvalue weighted by Gasteiger charge is -2.39. The van der Waals surface area contributed by atoms with Crippen LogP contribution >= 0.6 is 0 Å². The summed E-state index contributed by atoms with van der Waals surface area (Å²) >= 11 is 0. The van der Waals surface area contributed by atoms with Crippen LogP contribution in [-0.4, -0.2) is 29.2 Å². The predicted octanol–water partition coefficient (Wildman–Crippen LogP) is 1.65. The summed E-state index contributed by atoms with van der Waals surface area (Å²) in [4.78, 5) is 12.9. The molecule has 4 N–H and O–H groups in total. The van der Waals surface area contributed by atoms with Crippen molar-refractivity contribution in [1.29, 1.82) is 0 Å². The smallest absolute Gasteiger partial charge is 0.239 e. The van der Waals surface area contributed by atoms with Gasteiger partial charge in [0.15, 0.2) is 0 Å². The first kappa shape index (κ1) is 16.1. The summed E-state index contributed by atoms with van der Waals surface area (Å²) in [6.07, 6.45) is 6.04. The fourth-order valence-electron chi connectivity index (χ4n) is 4.58. The third kappa shape index (κ3) is 3.08. The molecule has 2 saturated carbocycles. The summed E-state index contributed by atoms with van der Waals surface area (Å²) in [5.74, 6) is 0.803. The van der Waals surface area contributed by atoms with Gasteiger partial charge in [0.2, 0.25) is 5.91 Å². The third-order valence-electron chi connectivity index (χ3n) is 6.03. The molecule has 130 valence electrons. The highest BCUT2D eigenvalue weighted by molar-refractivity contribution is 5.83. The molecular formula is C19H27N3O2. The van der Waals surface area contributed by atoms with E-state index >= 15 is 0 Å². The van der Waals surface area contributed by atoms with Gasteiger partial charge in [-0.2, -0.15) is 0 Å². The molecule has 4 unspecified atom stereocenters. The second-order valence-electron chi connectivity index (χ2n) is 7.60. The van der Waals surface area contributed by atoms with Crippen LogP contribution in [0.1, 0.15) is 50.1 Å². The minimum Gasteiger partial charge on any atom is -0.393 e. The number of rotatable bonds is 4. The van der Waals surface area contributed by atoms with Gasteiger partial charge in [-0.1, -0.05) is 43.2 Å². The quantitative estimate of drug-likeness (QED) is 0.678. The van der Waals surface area contributed by atoms with Gasteiger partial charge in [0.05, 0.1) is 12.1 Å². The number of benzene rings is 1. The SMILES string of the molecule is O=C(NC(c1ccccc1)C1CC(O)C1)C1NNC2CCCCC21. The van der Waals surface area contributed by atoms with Crippen LogP contribution in [0.4, 0.5) is 0 Å². The average molecular weight is 329 g/mol. The number of aliphatic hydroxyl groups excluding tert-OH is 1. The van der Waals surface area contributed by atoms with Gasteiger partial charge < -0.3 is 10.4 Å². The number of carbonyl (C=O) groups excluding carboxylic acids is 1. The molecule has 1 heterocycles. The molecule has 3 aliphatic rings. The number of hydrogen-bond acceptors (Lipinski definition) is 4. The molecule has 1 aromatic rings. The van der Waals surface area contributed by atoms with Crippen molar-refractivity contribution in [2.45, 2.75) is 62.8 Å². The Balaban J connectivity index is 1.47. The van der Waals surface area contributed by atoms with Crippen molar-refractivity contribution in [2.24, 2.45) is 11.8 Å². The van der Waals surface area contributed by atoms with Crippen molar-refractivity contribution < 1.29 is 9.90 Å². The minimum atomic E-state index is -0.216. The van der Waals surface area contributed by atoms with Crippen molar-refractivity contribution in [3.63, 3.8) is 0 Å². The number of nitrogens with one attached hydrogen (secondary N) is 3. The van der Waals surface area contributed by atoms with E-state index in [-0.39, 0.29) is 24.1 Å². The van der Waals surface area contributed by atoms with Gasteiger partial charge in [-0.15, -0.1) is 0 Å². The van der Waals surface area contributed by atoms with Gasteiger partial charge in [-0.25, -0.2) is 5.43 Å². The lowest BCUT2D eigenvalue weighted by atomic mass is 9.74. The molecular weight excluding hydrogens is 302 g/mol. The van der Waals surface area contributed by atoms with Crippen LogP contribution < -0.4 is 16.2 Å². The van der Waals surface area contributed by atoms with Crippen molar-refractivity contribution >= 4 is 5.91 Å². The molecule has 0 bridgehead atoms. The Morgan fingerprint density at radius 2 is 1.88 bits per heavy atom. The van der Waals surface area contributed by atoms with E-state index in [4.69, 9.17) is 0 Å². The van der Waals surface area contributed by atoms with Crippen molar-refractivity contribution in [3.05, 3.63) is 35.9 Å². The number of hydrazine groups is 1. The van der Waals surface area contributed by atoms with E-state index in [1.807, 2.05) is 18.2 Å². The van der Waals surface area contributed by atoms with Crippen LogP contribution in [0, 0.1) is 11.8 Å². The van der Waals surface area contributed by atoms with Crippen LogP contribution in [0.5, 0.6) is 0 Å². The summed E-state index contributed by atoms with van der Waals surface area (Å²) in [7, 11) is 0. The van der Waals surface area contributed by atoms with E-state index in [2.05, 4.69) is 28.3 Å². The normalized spacial score (nSPS) is 36.5. The Bertz CT molecular complexity index is 573. The Labute approximate surface area is 143 Å². The Morgan fingerprint density at radius 3 is 2.62 bits per heavy atom. The topological polar surface area (TPSA) is 73.4 Å². The maximum atomic E-state index is 12.9. The van der Waals surface area contributed by atoms with Crippen LogP contribution in [-0.2, 0) is 4.79 Å². The Hall–Kier alpha value is -1.43. The number of aliphatic hydroxyl groups is 1. The van der Waals surface area contributed by atoms with Crippen LogP contribution in [0.3, 0.4) is 0 Å². The maximum absolute atomic E-state index is 12.9. The standard InChI is InChI=1S/C19H27N3O2/c23-14-10-13(11-14)17(12-6-2-1-3-7-12)20-19(24)18-15-8-4-5-9-16(15)21-22-18/h1-3,6-7,13-18,21-23H,4-5,8-11H2,(H,20,24). The number of fused-ring (bicyclic) bond motifs is 1. The average Bonchev–Trinajstić information content (AvgIpc) is 3.02. The van der Waals surface area contributed by atoms with Gasteiger partial charge in [0, 0.05) is 12.0 Å². The zero-order valence-corrected chi connectivity index (χ0v) is 13.9. The monoisotopic (exact) mass is 329 g/mol. The highest BCUT2D eigenvalue weighted by Gasteiger charge is 2.43. The minimum absolute atomic E-state index is 0.00783. The van der Waals surface area contributed by atoms with Gasteiger partial charge in [0.25, 0.3) is 0 Å². The molecule has 0 aromatic heterocycles. The van der Waals surface area contributed by atoms with Crippen molar-refractivity contribution in [3.8, 4) is 0 Å².